The molecule has 3 aromatic carbocycles. The number of methoxy groups -OCH3 is 1. The number of benzene rings is 3. The maximum Gasteiger partial charge on any atom is 0.262 e. The molecule has 0 fully saturated rings. The van der Waals surface area contributed by atoms with Crippen LogP contribution < -0.4 is 14.8 Å². The van der Waals surface area contributed by atoms with Crippen LogP contribution in [0.3, 0.4) is 0 Å². The van der Waals surface area contributed by atoms with Gasteiger partial charge in [-0.3, -0.25) is 4.79 Å². The van der Waals surface area contributed by atoms with E-state index in [1.165, 1.54) is 0 Å². The lowest BCUT2D eigenvalue weighted by molar-refractivity contribution is -0.118. The third kappa shape index (κ3) is 4.39. The van der Waals surface area contributed by atoms with Gasteiger partial charge in [0.05, 0.1) is 7.11 Å². The Bertz CT molecular complexity index is 1220. The van der Waals surface area contributed by atoms with Gasteiger partial charge < -0.3 is 19.2 Å². The molecule has 4 aromatic rings. The Labute approximate surface area is 178 Å². The molecule has 0 saturated carbocycles. The van der Waals surface area contributed by atoms with Gasteiger partial charge in [0.1, 0.15) is 17.0 Å². The van der Waals surface area contributed by atoms with Crippen molar-refractivity contribution in [1.29, 1.82) is 0 Å². The van der Waals surface area contributed by atoms with Crippen LogP contribution in [0.4, 0.5) is 5.69 Å². The van der Waals surface area contributed by atoms with Gasteiger partial charge in [-0.25, -0.2) is 4.98 Å². The van der Waals surface area contributed by atoms with Gasteiger partial charge in [-0.05, 0) is 61.0 Å². The standard InChI is InChI=1S/C23H19ClN2O4/c1-14-10-16(24)6-8-20(14)29-13-22(27)25-17-5-3-4-15(11-17)23-26-19-12-18(28-2)7-9-21(19)30-23/h3-12H,13H2,1-2H3,(H,25,27). The summed E-state index contributed by atoms with van der Waals surface area (Å²) in [5.41, 5.74) is 3.59. The van der Waals surface area contributed by atoms with Crippen LogP contribution in [-0.4, -0.2) is 24.6 Å². The summed E-state index contributed by atoms with van der Waals surface area (Å²) in [4.78, 5) is 16.8. The normalized spacial score (nSPS) is 10.8. The molecule has 152 valence electrons. The maximum absolute atomic E-state index is 12.3. The number of nitrogens with one attached hydrogen (secondary N) is 1. The number of hydrogen-bond acceptors (Lipinski definition) is 5. The predicted molar refractivity (Wildman–Crippen MR) is 116 cm³/mol. The number of fused-ring (bicyclic) bond motifs is 1. The summed E-state index contributed by atoms with van der Waals surface area (Å²) in [6.07, 6.45) is 0. The Hall–Kier alpha value is -3.51. The van der Waals surface area contributed by atoms with Crippen molar-refractivity contribution in [3.8, 4) is 23.0 Å². The zero-order valence-electron chi connectivity index (χ0n) is 16.4. The fraction of sp³-hybridized carbons (Fsp3) is 0.130. The summed E-state index contributed by atoms with van der Waals surface area (Å²) < 4.78 is 16.6. The molecule has 0 unspecified atom stereocenters. The highest BCUT2D eigenvalue weighted by atomic mass is 35.5. The van der Waals surface area contributed by atoms with E-state index in [4.69, 9.17) is 25.5 Å². The van der Waals surface area contributed by atoms with Crippen molar-refractivity contribution in [2.75, 3.05) is 19.0 Å². The first kappa shape index (κ1) is 19.8. The van der Waals surface area contributed by atoms with Gasteiger partial charge in [0.2, 0.25) is 5.89 Å². The highest BCUT2D eigenvalue weighted by Gasteiger charge is 2.11. The molecule has 4 rings (SSSR count). The van der Waals surface area contributed by atoms with E-state index in [2.05, 4.69) is 10.3 Å². The van der Waals surface area contributed by atoms with E-state index in [9.17, 15) is 4.79 Å². The Kier molecular flexibility index (Phi) is 5.59. The summed E-state index contributed by atoms with van der Waals surface area (Å²) in [6.45, 7) is 1.76. The number of anilines is 1. The van der Waals surface area contributed by atoms with Crippen molar-refractivity contribution >= 4 is 34.3 Å². The molecule has 0 aliphatic heterocycles. The monoisotopic (exact) mass is 422 g/mol. The van der Waals surface area contributed by atoms with E-state index in [0.717, 1.165) is 11.1 Å². The van der Waals surface area contributed by atoms with Gasteiger partial charge in [-0.15, -0.1) is 0 Å². The largest absolute Gasteiger partial charge is 0.497 e. The minimum absolute atomic E-state index is 0.116. The molecule has 0 saturated heterocycles. The average molecular weight is 423 g/mol. The second-order valence-corrected chi connectivity index (χ2v) is 7.12. The Morgan fingerprint density at radius 2 is 2.00 bits per heavy atom. The zero-order chi connectivity index (χ0) is 21.1. The molecule has 1 heterocycles. The molecular weight excluding hydrogens is 404 g/mol. The summed E-state index contributed by atoms with van der Waals surface area (Å²) in [5.74, 6) is 1.51. The van der Waals surface area contributed by atoms with Crippen molar-refractivity contribution in [2.24, 2.45) is 0 Å². The number of carbonyl (C=O) groups is 1. The number of nitrogens with zero attached hydrogens (tertiary/aromatic N) is 1. The lowest BCUT2D eigenvalue weighted by Crippen LogP contribution is -2.20. The predicted octanol–water partition coefficient (Wildman–Crippen LogP) is 5.48. The van der Waals surface area contributed by atoms with Gasteiger partial charge in [0.25, 0.3) is 5.91 Å². The van der Waals surface area contributed by atoms with E-state index in [0.29, 0.717) is 39.2 Å². The molecule has 1 N–H and O–H groups in total. The number of amides is 1. The van der Waals surface area contributed by atoms with Crippen LogP contribution in [0.5, 0.6) is 11.5 Å². The fourth-order valence-corrected chi connectivity index (χ4v) is 3.23. The third-order valence-corrected chi connectivity index (χ3v) is 4.72. The highest BCUT2D eigenvalue weighted by Crippen LogP contribution is 2.28. The van der Waals surface area contributed by atoms with Gasteiger partial charge in [0.15, 0.2) is 12.2 Å². The molecule has 0 atom stereocenters. The summed E-state index contributed by atoms with van der Waals surface area (Å²) in [6, 6.07) is 18.0. The third-order valence-electron chi connectivity index (χ3n) is 4.48. The van der Waals surface area contributed by atoms with Gasteiger partial charge >= 0.3 is 0 Å². The van der Waals surface area contributed by atoms with Crippen LogP contribution in [0.2, 0.25) is 5.02 Å². The Morgan fingerprint density at radius 1 is 1.13 bits per heavy atom. The molecule has 0 radical (unpaired) electrons. The number of hydrogen-bond donors (Lipinski definition) is 1. The van der Waals surface area contributed by atoms with Crippen molar-refractivity contribution in [2.45, 2.75) is 6.92 Å². The number of halogens is 1. The minimum Gasteiger partial charge on any atom is -0.497 e. The second kappa shape index (κ2) is 8.47. The molecule has 0 spiro atoms. The molecule has 1 aromatic heterocycles. The lowest BCUT2D eigenvalue weighted by Gasteiger charge is -2.10. The van der Waals surface area contributed by atoms with Gasteiger partial charge in [-0.2, -0.15) is 0 Å². The SMILES string of the molecule is COc1ccc2oc(-c3cccc(NC(=O)COc4ccc(Cl)cc4C)c3)nc2c1. The highest BCUT2D eigenvalue weighted by molar-refractivity contribution is 6.30. The van der Waals surface area contributed by atoms with Gasteiger partial charge in [-0.1, -0.05) is 17.7 Å². The van der Waals surface area contributed by atoms with Gasteiger partial charge in [0, 0.05) is 22.3 Å². The van der Waals surface area contributed by atoms with E-state index in [-0.39, 0.29) is 12.5 Å². The Morgan fingerprint density at radius 3 is 2.80 bits per heavy atom. The number of rotatable bonds is 6. The lowest BCUT2D eigenvalue weighted by atomic mass is 10.2. The average Bonchev–Trinajstić information content (AvgIpc) is 3.16. The summed E-state index contributed by atoms with van der Waals surface area (Å²) in [7, 11) is 1.60. The van der Waals surface area contributed by atoms with Crippen molar-refractivity contribution in [1.82, 2.24) is 4.98 Å². The van der Waals surface area contributed by atoms with Crippen LogP contribution >= 0.6 is 11.6 Å². The molecule has 0 aliphatic carbocycles. The first-order chi connectivity index (χ1) is 14.5. The van der Waals surface area contributed by atoms with E-state index in [1.54, 1.807) is 37.4 Å². The molecule has 6 nitrogen and oxygen atoms in total. The molecular formula is C23H19ClN2O4. The van der Waals surface area contributed by atoms with Crippen LogP contribution in [-0.2, 0) is 4.79 Å². The Balaban J connectivity index is 1.46. The first-order valence-corrected chi connectivity index (χ1v) is 9.63. The molecule has 30 heavy (non-hydrogen) atoms. The van der Waals surface area contributed by atoms with Crippen LogP contribution in [0.25, 0.3) is 22.6 Å². The van der Waals surface area contributed by atoms with Crippen molar-refractivity contribution in [3.63, 3.8) is 0 Å². The number of carbonyl (C=O) groups excluding carboxylic acids is 1. The smallest absolute Gasteiger partial charge is 0.262 e. The van der Waals surface area contributed by atoms with Crippen LogP contribution in [0.15, 0.2) is 65.1 Å². The molecule has 1 amide bonds. The van der Waals surface area contributed by atoms with E-state index in [1.807, 2.05) is 37.3 Å². The molecule has 7 heteroatoms. The summed E-state index contributed by atoms with van der Waals surface area (Å²) in [5, 5.41) is 3.45. The fourth-order valence-electron chi connectivity index (χ4n) is 3.00. The van der Waals surface area contributed by atoms with Crippen molar-refractivity contribution in [3.05, 3.63) is 71.2 Å². The topological polar surface area (TPSA) is 73.6 Å². The number of aryl methyl sites for hydroxylation is 1. The maximum atomic E-state index is 12.3. The molecule has 0 aliphatic rings. The minimum atomic E-state index is -0.274. The van der Waals surface area contributed by atoms with E-state index < -0.39 is 0 Å². The van der Waals surface area contributed by atoms with Crippen LogP contribution in [0.1, 0.15) is 5.56 Å². The molecule has 0 bridgehead atoms. The van der Waals surface area contributed by atoms with Crippen molar-refractivity contribution < 1.29 is 18.7 Å². The second-order valence-electron chi connectivity index (χ2n) is 6.68. The first-order valence-electron chi connectivity index (χ1n) is 9.25. The quantitative estimate of drug-likeness (QED) is 0.445. The summed E-state index contributed by atoms with van der Waals surface area (Å²) >= 11 is 5.94. The number of ether oxygens (including phenoxy) is 2. The number of oxazole rings is 1. The van der Waals surface area contributed by atoms with Crippen LogP contribution in [0, 0.1) is 6.92 Å². The zero-order valence-corrected chi connectivity index (χ0v) is 17.2. The van der Waals surface area contributed by atoms with E-state index >= 15 is 0 Å². The number of aromatic nitrogens is 1.